The van der Waals surface area contributed by atoms with Gasteiger partial charge in [-0.25, -0.2) is 4.39 Å². The topological polar surface area (TPSA) is 30.2 Å². The fourth-order valence-corrected chi connectivity index (χ4v) is 3.51. The van der Waals surface area contributed by atoms with Crippen LogP contribution in [0.2, 0.25) is 0 Å². The van der Waals surface area contributed by atoms with Crippen LogP contribution in [-0.2, 0) is 6.54 Å². The van der Waals surface area contributed by atoms with Crippen LogP contribution in [0.1, 0.15) is 25.1 Å². The summed E-state index contributed by atoms with van der Waals surface area (Å²) in [6, 6.07) is 11.0. The Labute approximate surface area is 142 Å². The first-order valence-electron chi connectivity index (χ1n) is 7.44. The van der Waals surface area contributed by atoms with Gasteiger partial charge in [-0.15, -0.1) is 0 Å². The second-order valence-electron chi connectivity index (χ2n) is 6.44. The molecule has 0 saturated carbocycles. The minimum Gasteiger partial charge on any atom is -0.332 e. The highest BCUT2D eigenvalue weighted by atomic mass is 79.9. The summed E-state index contributed by atoms with van der Waals surface area (Å²) in [6.45, 7) is 5.03. The van der Waals surface area contributed by atoms with E-state index >= 15 is 0 Å². The molecule has 3 heterocycles. The summed E-state index contributed by atoms with van der Waals surface area (Å²) < 4.78 is 17.1. The molecule has 0 radical (unpaired) electrons. The van der Waals surface area contributed by atoms with Gasteiger partial charge in [0.05, 0.1) is 21.5 Å². The lowest BCUT2D eigenvalue weighted by Gasteiger charge is -2.29. The highest BCUT2D eigenvalue weighted by molar-refractivity contribution is 9.10. The number of aromatic nitrogens is 2. The fourth-order valence-electron chi connectivity index (χ4n) is 3.06. The van der Waals surface area contributed by atoms with Crippen LogP contribution in [0.15, 0.2) is 52.2 Å². The highest BCUT2D eigenvalue weighted by Gasteiger charge is 2.28. The Hall–Kier alpha value is -2.01. The minimum absolute atomic E-state index is 0.208. The van der Waals surface area contributed by atoms with E-state index in [-0.39, 0.29) is 11.4 Å². The Morgan fingerprint density at radius 2 is 2.04 bits per heavy atom. The molecule has 3 aromatic rings. The molecule has 0 spiro atoms. The molecule has 3 nitrogen and oxygen atoms in total. The van der Waals surface area contributed by atoms with E-state index < -0.39 is 0 Å². The van der Waals surface area contributed by atoms with E-state index in [1.54, 1.807) is 12.3 Å². The van der Waals surface area contributed by atoms with Crippen molar-refractivity contribution in [1.82, 2.24) is 9.55 Å². The van der Waals surface area contributed by atoms with Crippen molar-refractivity contribution in [3.63, 3.8) is 0 Å². The lowest BCUT2D eigenvalue weighted by atomic mass is 9.99. The summed E-state index contributed by atoms with van der Waals surface area (Å²) in [5.74, 6) is -0.300. The van der Waals surface area contributed by atoms with E-state index in [9.17, 15) is 4.39 Å². The molecule has 1 aliphatic rings. The number of pyridine rings is 1. The Bertz CT molecular complexity index is 956. The monoisotopic (exact) mass is 371 g/mol. The molecular formula is C18H15BrFN3. The maximum atomic E-state index is 13.8. The first kappa shape index (κ1) is 14.6. The largest absolute Gasteiger partial charge is 0.332 e. The number of hydrogen-bond donors (Lipinski definition) is 0. The van der Waals surface area contributed by atoms with Gasteiger partial charge in [-0.2, -0.15) is 0 Å². The molecule has 0 amide bonds. The average Bonchev–Trinajstić information content (AvgIpc) is 2.86. The van der Waals surface area contributed by atoms with Crippen molar-refractivity contribution >= 4 is 32.5 Å². The average molecular weight is 372 g/mol. The van der Waals surface area contributed by atoms with Crippen LogP contribution in [0, 0.1) is 5.82 Å². The van der Waals surface area contributed by atoms with Gasteiger partial charge in [-0.3, -0.25) is 9.98 Å². The summed E-state index contributed by atoms with van der Waals surface area (Å²) in [6.07, 6.45) is 1.71. The molecule has 116 valence electrons. The Balaban J connectivity index is 1.93. The molecule has 23 heavy (non-hydrogen) atoms. The van der Waals surface area contributed by atoms with Gasteiger partial charge in [-0.1, -0.05) is 12.1 Å². The van der Waals surface area contributed by atoms with Gasteiger partial charge < -0.3 is 4.57 Å². The van der Waals surface area contributed by atoms with E-state index in [1.165, 1.54) is 6.07 Å². The van der Waals surface area contributed by atoms with Gasteiger partial charge in [0.2, 0.25) is 0 Å². The molecular weight excluding hydrogens is 357 g/mol. The molecule has 0 N–H and O–H groups in total. The lowest BCUT2D eigenvalue weighted by molar-refractivity contribution is 0.421. The van der Waals surface area contributed by atoms with Crippen molar-refractivity contribution < 1.29 is 4.39 Å². The Morgan fingerprint density at radius 1 is 1.22 bits per heavy atom. The highest BCUT2D eigenvalue weighted by Crippen LogP contribution is 2.30. The van der Waals surface area contributed by atoms with Crippen molar-refractivity contribution in [2.45, 2.75) is 25.9 Å². The molecule has 0 saturated heterocycles. The zero-order valence-corrected chi connectivity index (χ0v) is 14.4. The van der Waals surface area contributed by atoms with Crippen LogP contribution in [-0.4, -0.2) is 20.8 Å². The summed E-state index contributed by atoms with van der Waals surface area (Å²) in [5.41, 5.74) is 3.03. The Morgan fingerprint density at radius 3 is 2.87 bits per heavy atom. The number of aliphatic imine (C=N–C) groups is 1. The zero-order chi connectivity index (χ0) is 16.2. The second kappa shape index (κ2) is 4.99. The van der Waals surface area contributed by atoms with Crippen LogP contribution in [0.25, 0.3) is 10.9 Å². The SMILES string of the molecule is CC1(C)Cn2c(Br)ccc2C(c2cnc3c(F)cccc3c2)=N1. The third-order valence-corrected chi connectivity index (χ3v) is 4.76. The summed E-state index contributed by atoms with van der Waals surface area (Å²) in [7, 11) is 0. The van der Waals surface area contributed by atoms with Crippen LogP contribution in [0.4, 0.5) is 4.39 Å². The van der Waals surface area contributed by atoms with Crippen molar-refractivity contribution in [3.05, 3.63) is 64.3 Å². The van der Waals surface area contributed by atoms with Crippen LogP contribution >= 0.6 is 15.9 Å². The molecule has 0 bridgehead atoms. The quantitative estimate of drug-likeness (QED) is 0.616. The summed E-state index contributed by atoms with van der Waals surface area (Å²) >= 11 is 3.60. The first-order chi connectivity index (χ1) is 10.9. The normalized spacial score (nSPS) is 16.3. The predicted molar refractivity (Wildman–Crippen MR) is 93.6 cm³/mol. The van der Waals surface area contributed by atoms with E-state index in [0.717, 1.165) is 33.5 Å². The number of rotatable bonds is 1. The number of fused-ring (bicyclic) bond motifs is 2. The zero-order valence-electron chi connectivity index (χ0n) is 12.8. The van der Waals surface area contributed by atoms with Crippen molar-refractivity contribution in [1.29, 1.82) is 0 Å². The number of halogens is 2. The van der Waals surface area contributed by atoms with Gasteiger partial charge in [0, 0.05) is 23.7 Å². The standard InChI is InChI=1S/C18H15BrFN3/c1-18(2)10-23-14(6-7-15(23)19)17(22-18)12-8-11-4-3-5-13(20)16(11)21-9-12/h3-9H,10H2,1-2H3. The molecule has 5 heteroatoms. The molecule has 0 atom stereocenters. The Kier molecular flexibility index (Phi) is 3.17. The predicted octanol–water partition coefficient (Wildman–Crippen LogP) is 4.57. The molecule has 1 aliphatic heterocycles. The molecule has 2 aromatic heterocycles. The lowest BCUT2D eigenvalue weighted by Crippen LogP contribution is -2.33. The number of nitrogens with zero attached hydrogens (tertiary/aromatic N) is 3. The van der Waals surface area contributed by atoms with Gasteiger partial charge >= 0.3 is 0 Å². The molecule has 0 fully saturated rings. The van der Waals surface area contributed by atoms with Crippen molar-refractivity contribution in [3.8, 4) is 0 Å². The van der Waals surface area contributed by atoms with Crippen LogP contribution in [0.5, 0.6) is 0 Å². The van der Waals surface area contributed by atoms with Crippen molar-refractivity contribution in [2.75, 3.05) is 0 Å². The van der Waals surface area contributed by atoms with Crippen LogP contribution < -0.4 is 0 Å². The fraction of sp³-hybridized carbons (Fsp3) is 0.222. The number of hydrogen-bond acceptors (Lipinski definition) is 2. The van der Waals surface area contributed by atoms with Gasteiger partial charge in [0.1, 0.15) is 11.3 Å². The summed E-state index contributed by atoms with van der Waals surface area (Å²) in [5, 5.41) is 0.783. The second-order valence-corrected chi connectivity index (χ2v) is 7.25. The van der Waals surface area contributed by atoms with Gasteiger partial charge in [0.25, 0.3) is 0 Å². The van der Waals surface area contributed by atoms with Gasteiger partial charge in [0.15, 0.2) is 0 Å². The third kappa shape index (κ3) is 2.39. The van der Waals surface area contributed by atoms with Crippen LogP contribution in [0.3, 0.4) is 0 Å². The molecule has 1 aromatic carbocycles. The third-order valence-electron chi connectivity index (χ3n) is 4.06. The van der Waals surface area contributed by atoms with Crippen molar-refractivity contribution in [2.24, 2.45) is 4.99 Å². The first-order valence-corrected chi connectivity index (χ1v) is 8.24. The van der Waals surface area contributed by atoms with E-state index in [4.69, 9.17) is 4.99 Å². The summed E-state index contributed by atoms with van der Waals surface area (Å²) in [4.78, 5) is 9.22. The van der Waals surface area contributed by atoms with E-state index in [2.05, 4.69) is 39.3 Å². The molecule has 4 rings (SSSR count). The van der Waals surface area contributed by atoms with Gasteiger partial charge in [-0.05, 0) is 54.0 Å². The van der Waals surface area contributed by atoms with E-state index in [0.29, 0.717) is 5.52 Å². The smallest absolute Gasteiger partial charge is 0.149 e. The maximum absolute atomic E-state index is 13.8. The maximum Gasteiger partial charge on any atom is 0.149 e. The minimum atomic E-state index is -0.300. The number of para-hydroxylation sites is 1. The molecule has 0 unspecified atom stereocenters. The van der Waals surface area contributed by atoms with E-state index in [1.807, 2.05) is 24.3 Å². The molecule has 0 aliphatic carbocycles. The number of benzene rings is 1.